The molecule has 0 atom stereocenters. The summed E-state index contributed by atoms with van der Waals surface area (Å²) in [6.45, 7) is 4.78. The summed E-state index contributed by atoms with van der Waals surface area (Å²) in [6.07, 6.45) is 4.38. The van der Waals surface area contributed by atoms with Crippen LogP contribution in [0.25, 0.3) is 0 Å². The fraction of sp³-hybridized carbons (Fsp3) is 0.562. The van der Waals surface area contributed by atoms with Crippen molar-refractivity contribution < 1.29 is 4.79 Å². The molecule has 108 valence electrons. The smallest absolute Gasteiger partial charge is 0.231 e. The Kier molecular flexibility index (Phi) is 3.42. The molecule has 1 saturated carbocycles. The summed E-state index contributed by atoms with van der Waals surface area (Å²) in [5, 5.41) is 3.04. The molecule has 0 unspecified atom stereocenters. The third-order valence-corrected chi connectivity index (χ3v) is 4.66. The fourth-order valence-electron chi connectivity index (χ4n) is 2.89. The van der Waals surface area contributed by atoms with Crippen molar-refractivity contribution in [1.82, 2.24) is 0 Å². The molecule has 0 bridgehead atoms. The first-order valence-corrected chi connectivity index (χ1v) is 7.52. The van der Waals surface area contributed by atoms with E-state index in [2.05, 4.69) is 29.3 Å². The number of rotatable bonds is 4. The van der Waals surface area contributed by atoms with E-state index in [-0.39, 0.29) is 11.3 Å². The van der Waals surface area contributed by atoms with Gasteiger partial charge in [-0.25, -0.2) is 0 Å². The molecule has 1 aliphatic heterocycles. The third-order valence-electron chi connectivity index (χ3n) is 4.66. The van der Waals surface area contributed by atoms with Crippen molar-refractivity contribution in [2.75, 3.05) is 29.9 Å². The van der Waals surface area contributed by atoms with Crippen LogP contribution in [0.15, 0.2) is 18.2 Å². The van der Waals surface area contributed by atoms with Crippen molar-refractivity contribution in [2.24, 2.45) is 11.1 Å². The van der Waals surface area contributed by atoms with Crippen LogP contribution >= 0.6 is 0 Å². The Labute approximate surface area is 120 Å². The van der Waals surface area contributed by atoms with Crippen molar-refractivity contribution in [3.8, 4) is 0 Å². The Morgan fingerprint density at radius 3 is 2.60 bits per heavy atom. The second kappa shape index (κ2) is 5.09. The van der Waals surface area contributed by atoms with E-state index >= 15 is 0 Å². The number of carbonyl (C=O) groups excluding carboxylic acids is 1. The molecule has 1 aromatic carbocycles. The van der Waals surface area contributed by atoms with E-state index < -0.39 is 0 Å². The van der Waals surface area contributed by atoms with Gasteiger partial charge in [0.05, 0.1) is 5.41 Å². The van der Waals surface area contributed by atoms with E-state index in [1.807, 2.05) is 6.07 Å². The number of carbonyl (C=O) groups is 1. The van der Waals surface area contributed by atoms with Gasteiger partial charge in [0.15, 0.2) is 0 Å². The molecular formula is C16H23N3O. The standard InChI is InChI=1S/C16H23N3O/c1-12-10-13(19-8-2-3-9-19)4-5-14(12)18-15(20)16(11-17)6-7-16/h4-5,10H,2-3,6-9,11,17H2,1H3,(H,18,20). The predicted octanol–water partition coefficient (Wildman–Crippen LogP) is 2.27. The van der Waals surface area contributed by atoms with Crippen molar-refractivity contribution in [1.29, 1.82) is 0 Å². The number of nitrogens with zero attached hydrogens (tertiary/aromatic N) is 1. The van der Waals surface area contributed by atoms with Gasteiger partial charge in [-0.1, -0.05) is 0 Å². The molecule has 3 rings (SSSR count). The molecule has 1 saturated heterocycles. The Morgan fingerprint density at radius 2 is 2.05 bits per heavy atom. The molecule has 2 aliphatic rings. The zero-order chi connectivity index (χ0) is 14.2. The maximum absolute atomic E-state index is 12.2. The summed E-state index contributed by atoms with van der Waals surface area (Å²) in [4.78, 5) is 14.6. The zero-order valence-electron chi connectivity index (χ0n) is 12.1. The van der Waals surface area contributed by atoms with Crippen molar-refractivity contribution in [2.45, 2.75) is 32.6 Å². The minimum absolute atomic E-state index is 0.0806. The van der Waals surface area contributed by atoms with E-state index in [9.17, 15) is 4.79 Å². The first-order chi connectivity index (χ1) is 9.64. The monoisotopic (exact) mass is 273 g/mol. The molecule has 2 fully saturated rings. The summed E-state index contributed by atoms with van der Waals surface area (Å²) in [5.74, 6) is 0.0806. The topological polar surface area (TPSA) is 58.4 Å². The van der Waals surface area contributed by atoms with Crippen LogP contribution < -0.4 is 16.0 Å². The predicted molar refractivity (Wildman–Crippen MR) is 82.0 cm³/mol. The molecule has 1 aromatic rings. The fourth-order valence-corrected chi connectivity index (χ4v) is 2.89. The minimum Gasteiger partial charge on any atom is -0.372 e. The Hall–Kier alpha value is -1.55. The number of amides is 1. The maximum Gasteiger partial charge on any atom is 0.231 e. The van der Waals surface area contributed by atoms with Gasteiger partial charge in [-0.05, 0) is 56.4 Å². The lowest BCUT2D eigenvalue weighted by molar-refractivity contribution is -0.120. The number of aryl methyl sites for hydroxylation is 1. The Bertz CT molecular complexity index is 516. The minimum atomic E-state index is -0.292. The number of nitrogens with two attached hydrogens (primary N) is 1. The Morgan fingerprint density at radius 1 is 1.35 bits per heavy atom. The highest BCUT2D eigenvalue weighted by Gasteiger charge is 2.48. The second-order valence-corrected chi connectivity index (χ2v) is 6.13. The van der Waals surface area contributed by atoms with Gasteiger partial charge in [0, 0.05) is 31.0 Å². The summed E-state index contributed by atoms with van der Waals surface area (Å²) >= 11 is 0. The molecule has 4 nitrogen and oxygen atoms in total. The summed E-state index contributed by atoms with van der Waals surface area (Å²) in [7, 11) is 0. The number of nitrogens with one attached hydrogen (secondary N) is 1. The van der Waals surface area contributed by atoms with Crippen LogP contribution in [0.5, 0.6) is 0 Å². The van der Waals surface area contributed by atoms with E-state index in [4.69, 9.17) is 5.73 Å². The zero-order valence-corrected chi connectivity index (χ0v) is 12.1. The van der Waals surface area contributed by atoms with Crippen LogP contribution in [0.3, 0.4) is 0 Å². The highest BCUT2D eigenvalue weighted by atomic mass is 16.2. The van der Waals surface area contributed by atoms with Crippen molar-refractivity contribution >= 4 is 17.3 Å². The average molecular weight is 273 g/mol. The molecular weight excluding hydrogens is 250 g/mol. The Balaban J connectivity index is 1.72. The molecule has 0 radical (unpaired) electrons. The second-order valence-electron chi connectivity index (χ2n) is 6.13. The first kappa shape index (κ1) is 13.4. The molecule has 3 N–H and O–H groups in total. The summed E-state index contributed by atoms with van der Waals surface area (Å²) in [6, 6.07) is 6.30. The van der Waals surface area contributed by atoms with Gasteiger partial charge in [-0.3, -0.25) is 4.79 Å². The number of hydrogen-bond donors (Lipinski definition) is 2. The largest absolute Gasteiger partial charge is 0.372 e. The van der Waals surface area contributed by atoms with Gasteiger partial charge in [-0.15, -0.1) is 0 Å². The molecule has 1 amide bonds. The van der Waals surface area contributed by atoms with Crippen molar-refractivity contribution in [3.05, 3.63) is 23.8 Å². The van der Waals surface area contributed by atoms with Crippen LogP contribution in [0.1, 0.15) is 31.2 Å². The first-order valence-electron chi connectivity index (χ1n) is 7.52. The quantitative estimate of drug-likeness (QED) is 0.884. The lowest BCUT2D eigenvalue weighted by Gasteiger charge is -2.20. The van der Waals surface area contributed by atoms with E-state index in [1.54, 1.807) is 0 Å². The van der Waals surface area contributed by atoms with Gasteiger partial charge >= 0.3 is 0 Å². The third kappa shape index (κ3) is 2.40. The molecule has 0 aromatic heterocycles. The SMILES string of the molecule is Cc1cc(N2CCCC2)ccc1NC(=O)C1(CN)CC1. The van der Waals surface area contributed by atoms with Crippen molar-refractivity contribution in [3.63, 3.8) is 0 Å². The molecule has 1 aliphatic carbocycles. The molecule has 4 heteroatoms. The lowest BCUT2D eigenvalue weighted by atomic mass is 10.1. The number of anilines is 2. The molecule has 20 heavy (non-hydrogen) atoms. The molecule has 1 heterocycles. The normalized spacial score (nSPS) is 20.0. The van der Waals surface area contributed by atoms with Gasteiger partial charge in [0.25, 0.3) is 0 Å². The van der Waals surface area contributed by atoms with Gasteiger partial charge in [0.1, 0.15) is 0 Å². The lowest BCUT2D eigenvalue weighted by Crippen LogP contribution is -2.31. The maximum atomic E-state index is 12.2. The van der Waals surface area contributed by atoms with Crippen LogP contribution in [0.4, 0.5) is 11.4 Å². The number of benzene rings is 1. The van der Waals surface area contributed by atoms with Gasteiger partial charge in [0.2, 0.25) is 5.91 Å². The van der Waals surface area contributed by atoms with E-state index in [0.29, 0.717) is 6.54 Å². The van der Waals surface area contributed by atoms with Crippen LogP contribution in [-0.2, 0) is 4.79 Å². The van der Waals surface area contributed by atoms with E-state index in [1.165, 1.54) is 18.5 Å². The highest BCUT2D eigenvalue weighted by Crippen LogP contribution is 2.45. The van der Waals surface area contributed by atoms with E-state index in [0.717, 1.165) is 37.2 Å². The number of hydrogen-bond acceptors (Lipinski definition) is 3. The van der Waals surface area contributed by atoms with Gasteiger partial charge < -0.3 is 16.0 Å². The van der Waals surface area contributed by atoms with Crippen LogP contribution in [0, 0.1) is 12.3 Å². The van der Waals surface area contributed by atoms with Gasteiger partial charge in [-0.2, -0.15) is 0 Å². The highest BCUT2D eigenvalue weighted by molar-refractivity contribution is 5.98. The average Bonchev–Trinajstić information content (AvgIpc) is 3.07. The summed E-state index contributed by atoms with van der Waals surface area (Å²) in [5.41, 5.74) is 8.71. The van der Waals surface area contributed by atoms with Crippen LogP contribution in [-0.4, -0.2) is 25.5 Å². The molecule has 0 spiro atoms. The summed E-state index contributed by atoms with van der Waals surface area (Å²) < 4.78 is 0. The van der Waals surface area contributed by atoms with Crippen LogP contribution in [0.2, 0.25) is 0 Å².